The molecule has 6 aliphatic rings. The average molecular weight is 784 g/mol. The lowest BCUT2D eigenvalue weighted by molar-refractivity contribution is -0.168. The maximum absolute atomic E-state index is 14.3. The predicted molar refractivity (Wildman–Crippen MR) is 217 cm³/mol. The summed E-state index contributed by atoms with van der Waals surface area (Å²) in [6, 6.07) is 0.209. The molecule has 300 valence electrons. The standard InChI is InChI=1S/C42H65N5O5S2/c1-24-29-13-27(21-53-54-22-28(47-12-11-45-23-47)18-39(2,3)30(14-33(24)48)25-9-7-6-8-10-25)42(52)32-16-34(49)31-15-35(50)36(51)19-40(31,4)37(32)26(17-41(29,42)5)20-46-38(43)44/h11-12,16,23-24,26-29,31,33,35-37,48,50-52H,6-10,13-15,17-22H2,1-5H3,(H4,43,44,46). The number of aliphatic hydroxyl groups excluding tert-OH is 3. The molecule has 7 rings (SSSR count). The van der Waals surface area contributed by atoms with E-state index in [1.54, 1.807) is 6.08 Å². The van der Waals surface area contributed by atoms with Crippen LogP contribution in [-0.4, -0.2) is 83.7 Å². The number of aliphatic imine (C=N–C) groups is 1. The van der Waals surface area contributed by atoms with Gasteiger partial charge < -0.3 is 36.5 Å². The number of aromatic nitrogens is 2. The lowest BCUT2D eigenvalue weighted by Crippen LogP contribution is -2.65. The van der Waals surface area contributed by atoms with Gasteiger partial charge in [0.05, 0.1) is 30.2 Å². The number of imidazole rings is 1. The summed E-state index contributed by atoms with van der Waals surface area (Å²) in [5.74, 6) is 0.332. The topological polar surface area (TPSA) is 180 Å². The van der Waals surface area contributed by atoms with Gasteiger partial charge in [-0.1, -0.05) is 73.8 Å². The zero-order chi connectivity index (χ0) is 38.8. The van der Waals surface area contributed by atoms with Crippen LogP contribution in [0.3, 0.4) is 0 Å². The van der Waals surface area contributed by atoms with Crippen molar-refractivity contribution in [3.63, 3.8) is 0 Å². The molecule has 0 radical (unpaired) electrons. The van der Waals surface area contributed by atoms with Crippen molar-refractivity contribution in [2.45, 2.75) is 135 Å². The predicted octanol–water partition coefficient (Wildman–Crippen LogP) is 5.81. The van der Waals surface area contributed by atoms with Gasteiger partial charge in [-0.3, -0.25) is 9.79 Å². The number of carbonyl (C=O) groups is 1. The Morgan fingerprint density at radius 1 is 0.981 bits per heavy atom. The van der Waals surface area contributed by atoms with Crippen LogP contribution in [0.5, 0.6) is 0 Å². The highest BCUT2D eigenvalue weighted by atomic mass is 33.1. The minimum Gasteiger partial charge on any atom is -0.393 e. The van der Waals surface area contributed by atoms with Crippen molar-refractivity contribution in [2.75, 3.05) is 18.1 Å². The molecular formula is C42H65N5O5S2. The van der Waals surface area contributed by atoms with Gasteiger partial charge >= 0.3 is 0 Å². The van der Waals surface area contributed by atoms with Crippen LogP contribution in [0.2, 0.25) is 0 Å². The number of guanidine groups is 1. The van der Waals surface area contributed by atoms with E-state index in [1.165, 1.54) is 30.4 Å². The molecule has 54 heavy (non-hydrogen) atoms. The number of carbonyl (C=O) groups excluding carboxylic acids is 1. The van der Waals surface area contributed by atoms with Crippen molar-refractivity contribution in [1.29, 1.82) is 0 Å². The zero-order valence-corrected chi connectivity index (χ0v) is 34.6. The third-order valence-electron chi connectivity index (χ3n) is 15.6. The van der Waals surface area contributed by atoms with Crippen LogP contribution < -0.4 is 11.5 Å². The van der Waals surface area contributed by atoms with E-state index >= 15 is 0 Å². The molecule has 0 aromatic carbocycles. The number of nitrogens with two attached hydrogens (primary N) is 2. The van der Waals surface area contributed by atoms with Crippen molar-refractivity contribution < 1.29 is 25.2 Å². The van der Waals surface area contributed by atoms with Crippen molar-refractivity contribution in [3.05, 3.63) is 41.5 Å². The average Bonchev–Trinajstić information content (AvgIpc) is 3.73. The number of hydrogen-bond acceptors (Lipinski definition) is 9. The molecule has 13 atom stereocenters. The fraction of sp³-hybridized carbons (Fsp3) is 0.786. The second-order valence-electron chi connectivity index (χ2n) is 19.2. The molecule has 1 aromatic rings. The third-order valence-corrected chi connectivity index (χ3v) is 18.2. The largest absolute Gasteiger partial charge is 0.393 e. The number of ketones is 1. The van der Waals surface area contributed by atoms with Crippen molar-refractivity contribution in [1.82, 2.24) is 9.55 Å². The van der Waals surface area contributed by atoms with Crippen LogP contribution in [0.1, 0.15) is 111 Å². The SMILES string of the molecule is CC1C(O)CC(=C2CCCCC2)C(C)(C)CC(n2ccnc2)CSSCC2CC1C1(C)CC(CN=C(N)N)C3C(=CC(=O)C4CC(O)C(O)CC43C)C21O. The van der Waals surface area contributed by atoms with E-state index in [-0.39, 0.29) is 65.6 Å². The highest BCUT2D eigenvalue weighted by Gasteiger charge is 2.72. The number of hydrogen-bond donors (Lipinski definition) is 6. The molecule has 1 aliphatic heterocycles. The number of fused-ring (bicyclic) bond motifs is 9. The van der Waals surface area contributed by atoms with Gasteiger partial charge in [-0.15, -0.1) is 0 Å². The Morgan fingerprint density at radius 2 is 1.70 bits per heavy atom. The highest BCUT2D eigenvalue weighted by molar-refractivity contribution is 8.76. The van der Waals surface area contributed by atoms with Gasteiger partial charge in [-0.25, -0.2) is 4.98 Å². The molecule has 13 unspecified atom stereocenters. The van der Waals surface area contributed by atoms with Crippen molar-refractivity contribution >= 4 is 33.3 Å². The molecule has 5 fully saturated rings. The van der Waals surface area contributed by atoms with E-state index in [0.29, 0.717) is 25.1 Å². The van der Waals surface area contributed by atoms with E-state index in [2.05, 4.69) is 55.4 Å². The molecule has 10 nitrogen and oxygen atoms in total. The summed E-state index contributed by atoms with van der Waals surface area (Å²) < 4.78 is 2.24. The first-order valence-corrected chi connectivity index (χ1v) is 23.0. The number of nitrogens with zero attached hydrogens (tertiary/aromatic N) is 3. The quantitative estimate of drug-likeness (QED) is 0.0948. The van der Waals surface area contributed by atoms with E-state index < -0.39 is 40.7 Å². The summed E-state index contributed by atoms with van der Waals surface area (Å²) in [7, 11) is 3.67. The molecule has 12 heteroatoms. The maximum Gasteiger partial charge on any atom is 0.185 e. The first-order chi connectivity index (χ1) is 25.5. The van der Waals surface area contributed by atoms with Gasteiger partial charge in [0.2, 0.25) is 0 Å². The molecular weight excluding hydrogens is 719 g/mol. The zero-order valence-electron chi connectivity index (χ0n) is 33.0. The minimum atomic E-state index is -1.32. The van der Waals surface area contributed by atoms with Gasteiger partial charge in [0.15, 0.2) is 11.7 Å². The first-order valence-electron chi connectivity index (χ1n) is 20.5. The van der Waals surface area contributed by atoms with Crippen LogP contribution in [0.4, 0.5) is 0 Å². The number of aliphatic hydroxyl groups is 4. The summed E-state index contributed by atoms with van der Waals surface area (Å²) in [6.07, 6.45) is 14.2. The second kappa shape index (κ2) is 15.2. The maximum atomic E-state index is 14.3. The van der Waals surface area contributed by atoms with Crippen LogP contribution in [0.15, 0.2) is 46.5 Å². The van der Waals surface area contributed by atoms with Crippen LogP contribution in [0.25, 0.3) is 0 Å². The molecule has 5 aliphatic carbocycles. The van der Waals surface area contributed by atoms with Gasteiger partial charge in [-0.05, 0) is 110 Å². The Labute approximate surface area is 329 Å². The monoisotopic (exact) mass is 783 g/mol. The molecule has 8 N–H and O–H groups in total. The number of allylic oxidation sites excluding steroid dienone is 2. The van der Waals surface area contributed by atoms with Crippen molar-refractivity contribution in [2.24, 2.45) is 68.2 Å². The minimum absolute atomic E-state index is 0.00249. The Bertz CT molecular complexity index is 1640. The van der Waals surface area contributed by atoms with Crippen LogP contribution in [0, 0.1) is 51.8 Å². The fourth-order valence-electron chi connectivity index (χ4n) is 13.0. The van der Waals surface area contributed by atoms with Crippen LogP contribution >= 0.6 is 21.6 Å². The molecule has 0 amide bonds. The molecule has 1 saturated heterocycles. The smallest absolute Gasteiger partial charge is 0.185 e. The summed E-state index contributed by atoms with van der Waals surface area (Å²) in [5.41, 5.74) is 12.8. The molecule has 2 bridgehead atoms. The molecule has 2 heterocycles. The van der Waals surface area contributed by atoms with E-state index in [1.807, 2.05) is 34.1 Å². The Morgan fingerprint density at radius 3 is 2.39 bits per heavy atom. The summed E-state index contributed by atoms with van der Waals surface area (Å²) in [5, 5.41) is 48.1. The van der Waals surface area contributed by atoms with E-state index in [0.717, 1.165) is 37.0 Å². The van der Waals surface area contributed by atoms with Crippen LogP contribution in [-0.2, 0) is 4.79 Å². The summed E-state index contributed by atoms with van der Waals surface area (Å²) in [6.45, 7) is 11.5. The summed E-state index contributed by atoms with van der Waals surface area (Å²) in [4.78, 5) is 23.2. The van der Waals surface area contributed by atoms with E-state index in [9.17, 15) is 25.2 Å². The lowest BCUT2D eigenvalue weighted by atomic mass is 9.42. The van der Waals surface area contributed by atoms with Gasteiger partial charge in [0, 0.05) is 53.7 Å². The van der Waals surface area contributed by atoms with E-state index in [4.69, 9.17) is 11.5 Å². The van der Waals surface area contributed by atoms with Gasteiger partial charge in [-0.2, -0.15) is 0 Å². The Balaban J connectivity index is 1.34. The Hall–Kier alpha value is -1.83. The fourth-order valence-corrected chi connectivity index (χ4v) is 15.7. The summed E-state index contributed by atoms with van der Waals surface area (Å²) >= 11 is 0. The van der Waals surface area contributed by atoms with Gasteiger partial charge in [0.1, 0.15) is 0 Å². The molecule has 0 spiro atoms. The van der Waals surface area contributed by atoms with Crippen molar-refractivity contribution in [3.8, 4) is 0 Å². The number of rotatable bonds is 3. The second-order valence-corrected chi connectivity index (χ2v) is 21.7. The third kappa shape index (κ3) is 6.84. The molecule has 1 aromatic heterocycles. The first kappa shape index (κ1) is 40.4. The highest BCUT2D eigenvalue weighted by Crippen LogP contribution is 2.71. The molecule has 4 saturated carbocycles. The normalized spacial score (nSPS) is 44.3. The Kier molecular flexibility index (Phi) is 11.3. The lowest BCUT2D eigenvalue weighted by Gasteiger charge is -2.63. The van der Waals surface area contributed by atoms with Gasteiger partial charge in [0.25, 0.3) is 0 Å².